The molecule has 0 aromatic heterocycles. The van der Waals surface area contributed by atoms with Crippen LogP contribution in [-0.4, -0.2) is 12.6 Å². The molecule has 21 heavy (non-hydrogen) atoms. The highest BCUT2D eigenvalue weighted by Crippen LogP contribution is 2.39. The zero-order valence-electron chi connectivity index (χ0n) is 11.9. The molecule has 0 heterocycles. The predicted octanol–water partition coefficient (Wildman–Crippen LogP) is 4.32. The quantitative estimate of drug-likeness (QED) is 0.648. The highest BCUT2D eigenvalue weighted by molar-refractivity contribution is 6.42. The predicted molar refractivity (Wildman–Crippen MR) is 88.3 cm³/mol. The largest absolute Gasteiger partial charge is 0.465 e. The van der Waals surface area contributed by atoms with Crippen molar-refractivity contribution < 1.29 is 9.53 Å². The molecule has 0 bridgehead atoms. The number of esters is 1. The van der Waals surface area contributed by atoms with Crippen LogP contribution >= 0.6 is 35.6 Å². The fourth-order valence-corrected chi connectivity index (χ4v) is 2.97. The third kappa shape index (κ3) is 4.26. The van der Waals surface area contributed by atoms with Crippen LogP contribution in [0.25, 0.3) is 0 Å². The molecule has 0 spiro atoms. The lowest BCUT2D eigenvalue weighted by Crippen LogP contribution is -2.30. The van der Waals surface area contributed by atoms with Crippen molar-refractivity contribution in [2.75, 3.05) is 6.61 Å². The first-order valence-electron chi connectivity index (χ1n) is 6.93. The fraction of sp³-hybridized carbons (Fsp3) is 0.533. The minimum atomic E-state index is -0.231. The molecule has 118 valence electrons. The molecule has 2 N–H and O–H groups in total. The van der Waals surface area contributed by atoms with Gasteiger partial charge in [0.25, 0.3) is 0 Å². The van der Waals surface area contributed by atoms with Gasteiger partial charge in [0.2, 0.25) is 0 Å². The van der Waals surface area contributed by atoms with Crippen LogP contribution in [-0.2, 0) is 16.0 Å². The monoisotopic (exact) mass is 351 g/mol. The Morgan fingerprint density at radius 1 is 1.43 bits per heavy atom. The Bertz CT molecular complexity index is 508. The van der Waals surface area contributed by atoms with Crippen molar-refractivity contribution in [2.24, 2.45) is 11.7 Å². The van der Waals surface area contributed by atoms with Crippen LogP contribution in [0.2, 0.25) is 10.0 Å². The molecule has 0 saturated heterocycles. The van der Waals surface area contributed by atoms with E-state index in [0.717, 1.165) is 24.0 Å². The Hall–Kier alpha value is -0.480. The Labute approximate surface area is 141 Å². The molecule has 1 aliphatic rings. The maximum Gasteiger partial charge on any atom is 0.309 e. The number of unbranched alkanes of at least 4 members (excludes halogenated alkanes) is 1. The number of halogens is 3. The number of ether oxygens (including phenoxy) is 1. The lowest BCUT2D eigenvalue weighted by molar-refractivity contribution is -0.149. The van der Waals surface area contributed by atoms with Gasteiger partial charge in [-0.15, -0.1) is 12.4 Å². The molecular formula is C15H20Cl3NO2. The molecule has 0 unspecified atom stereocenters. The maximum absolute atomic E-state index is 12.1. The fourth-order valence-electron chi connectivity index (χ4n) is 2.54. The number of fused-ring (bicyclic) bond motifs is 1. The Balaban J connectivity index is 0.00000220. The molecule has 0 amide bonds. The van der Waals surface area contributed by atoms with Gasteiger partial charge in [-0.1, -0.05) is 42.6 Å². The molecule has 0 aliphatic heterocycles. The van der Waals surface area contributed by atoms with Gasteiger partial charge in [-0.25, -0.2) is 0 Å². The molecule has 0 fully saturated rings. The number of nitrogens with two attached hydrogens (primary N) is 1. The summed E-state index contributed by atoms with van der Waals surface area (Å²) in [5.41, 5.74) is 8.01. The summed E-state index contributed by atoms with van der Waals surface area (Å²) in [5, 5.41) is 1.00. The number of hydrogen-bond donors (Lipinski definition) is 1. The van der Waals surface area contributed by atoms with E-state index in [2.05, 4.69) is 6.92 Å². The Kier molecular flexibility index (Phi) is 7.28. The topological polar surface area (TPSA) is 52.3 Å². The molecule has 1 aromatic rings. The van der Waals surface area contributed by atoms with Crippen LogP contribution in [0.3, 0.4) is 0 Å². The lowest BCUT2D eigenvalue weighted by Gasteiger charge is -2.29. The van der Waals surface area contributed by atoms with Crippen molar-refractivity contribution in [1.29, 1.82) is 0 Å². The second kappa shape index (κ2) is 8.23. The minimum Gasteiger partial charge on any atom is -0.465 e. The van der Waals surface area contributed by atoms with E-state index in [1.54, 1.807) is 6.07 Å². The average Bonchev–Trinajstić information content (AvgIpc) is 2.43. The van der Waals surface area contributed by atoms with Gasteiger partial charge >= 0.3 is 5.97 Å². The molecule has 2 atom stereocenters. The molecule has 2 rings (SSSR count). The van der Waals surface area contributed by atoms with E-state index in [-0.39, 0.29) is 30.3 Å². The molecule has 3 nitrogen and oxygen atoms in total. The van der Waals surface area contributed by atoms with E-state index in [4.69, 9.17) is 33.7 Å². The highest BCUT2D eigenvalue weighted by Gasteiger charge is 2.32. The SMILES string of the molecule is CCCCOC(=O)[C@@H]1Cc2c(ccc(Cl)c2Cl)[C@@H](N)C1.Cl. The molecule has 0 saturated carbocycles. The molecule has 0 radical (unpaired) electrons. The Morgan fingerprint density at radius 2 is 2.14 bits per heavy atom. The van der Waals surface area contributed by atoms with Gasteiger partial charge in [0.1, 0.15) is 0 Å². The van der Waals surface area contributed by atoms with Crippen molar-refractivity contribution >= 4 is 41.6 Å². The number of hydrogen-bond acceptors (Lipinski definition) is 3. The third-order valence-electron chi connectivity index (χ3n) is 3.70. The first-order chi connectivity index (χ1) is 9.54. The van der Waals surface area contributed by atoms with Crippen LogP contribution < -0.4 is 5.73 Å². The summed E-state index contributed by atoms with van der Waals surface area (Å²) in [6.45, 7) is 2.53. The van der Waals surface area contributed by atoms with E-state index in [1.165, 1.54) is 0 Å². The van der Waals surface area contributed by atoms with E-state index in [0.29, 0.717) is 29.5 Å². The standard InChI is InChI=1S/C15H19Cl2NO2.ClH/c1-2-3-6-20-15(19)9-7-11-10(13(18)8-9)4-5-12(16)14(11)17;/h4-5,9,13H,2-3,6-8,18H2,1H3;1H/t9-,13+;/m1./s1. The van der Waals surface area contributed by atoms with Crippen LogP contribution in [0.5, 0.6) is 0 Å². The van der Waals surface area contributed by atoms with Gasteiger partial charge in [-0.3, -0.25) is 4.79 Å². The van der Waals surface area contributed by atoms with E-state index >= 15 is 0 Å². The van der Waals surface area contributed by atoms with Crippen molar-refractivity contribution in [3.63, 3.8) is 0 Å². The molecule has 1 aliphatic carbocycles. The summed E-state index contributed by atoms with van der Waals surface area (Å²) in [4.78, 5) is 12.1. The summed E-state index contributed by atoms with van der Waals surface area (Å²) >= 11 is 12.3. The summed E-state index contributed by atoms with van der Waals surface area (Å²) in [7, 11) is 0. The third-order valence-corrected chi connectivity index (χ3v) is 4.54. The van der Waals surface area contributed by atoms with Crippen molar-refractivity contribution in [3.05, 3.63) is 33.3 Å². The first kappa shape index (κ1) is 18.6. The van der Waals surface area contributed by atoms with E-state index in [1.807, 2.05) is 6.07 Å². The second-order valence-electron chi connectivity index (χ2n) is 5.19. The van der Waals surface area contributed by atoms with Gasteiger partial charge in [-0.05, 0) is 36.5 Å². The summed E-state index contributed by atoms with van der Waals surface area (Å²) < 4.78 is 5.28. The van der Waals surface area contributed by atoms with Gasteiger partial charge in [0.05, 0.1) is 22.6 Å². The van der Waals surface area contributed by atoms with Crippen molar-refractivity contribution in [2.45, 2.75) is 38.6 Å². The van der Waals surface area contributed by atoms with Crippen LogP contribution in [0.15, 0.2) is 12.1 Å². The number of carbonyl (C=O) groups is 1. The van der Waals surface area contributed by atoms with Crippen LogP contribution in [0.1, 0.15) is 43.4 Å². The van der Waals surface area contributed by atoms with Crippen molar-refractivity contribution in [1.82, 2.24) is 0 Å². The summed E-state index contributed by atoms with van der Waals surface area (Å²) in [6.07, 6.45) is 3.03. The molecule has 6 heteroatoms. The number of carbonyl (C=O) groups excluding carboxylic acids is 1. The van der Waals surface area contributed by atoms with E-state index in [9.17, 15) is 4.79 Å². The average molecular weight is 353 g/mol. The normalized spacial score (nSPS) is 20.4. The maximum atomic E-state index is 12.1. The number of benzene rings is 1. The summed E-state index contributed by atoms with van der Waals surface area (Å²) in [5.74, 6) is -0.416. The first-order valence-corrected chi connectivity index (χ1v) is 7.69. The van der Waals surface area contributed by atoms with Gasteiger partial charge in [0.15, 0.2) is 0 Å². The Morgan fingerprint density at radius 3 is 2.81 bits per heavy atom. The van der Waals surface area contributed by atoms with Gasteiger partial charge < -0.3 is 10.5 Å². The highest BCUT2D eigenvalue weighted by atomic mass is 35.5. The van der Waals surface area contributed by atoms with Crippen LogP contribution in [0.4, 0.5) is 0 Å². The zero-order valence-corrected chi connectivity index (χ0v) is 14.2. The molecular weight excluding hydrogens is 333 g/mol. The molecule has 1 aromatic carbocycles. The smallest absolute Gasteiger partial charge is 0.309 e. The van der Waals surface area contributed by atoms with Crippen LogP contribution in [0, 0.1) is 5.92 Å². The van der Waals surface area contributed by atoms with Gasteiger partial charge in [-0.2, -0.15) is 0 Å². The van der Waals surface area contributed by atoms with E-state index < -0.39 is 0 Å². The lowest BCUT2D eigenvalue weighted by atomic mass is 9.81. The zero-order chi connectivity index (χ0) is 14.7. The van der Waals surface area contributed by atoms with Crippen molar-refractivity contribution in [3.8, 4) is 0 Å². The second-order valence-corrected chi connectivity index (χ2v) is 5.98. The minimum absolute atomic E-state index is 0. The number of rotatable bonds is 4. The van der Waals surface area contributed by atoms with Gasteiger partial charge in [0, 0.05) is 6.04 Å². The summed E-state index contributed by atoms with van der Waals surface area (Å²) in [6, 6.07) is 3.45.